The van der Waals surface area contributed by atoms with Crippen molar-refractivity contribution in [1.29, 1.82) is 0 Å². The summed E-state index contributed by atoms with van der Waals surface area (Å²) in [6, 6.07) is 22.3. The Morgan fingerprint density at radius 2 is 1.67 bits per heavy atom. The zero-order valence-electron chi connectivity index (χ0n) is 20.3. The minimum absolute atomic E-state index is 0.0927. The van der Waals surface area contributed by atoms with E-state index in [4.69, 9.17) is 4.74 Å². The van der Waals surface area contributed by atoms with Crippen molar-refractivity contribution in [2.75, 3.05) is 26.1 Å². The van der Waals surface area contributed by atoms with Crippen LogP contribution >= 0.6 is 0 Å². The fourth-order valence-corrected chi connectivity index (χ4v) is 3.81. The minimum Gasteiger partial charge on any atom is -0.481 e. The first kappa shape index (κ1) is 24.5. The van der Waals surface area contributed by atoms with Gasteiger partial charge in [0.05, 0.1) is 20.1 Å². The van der Waals surface area contributed by atoms with Crippen molar-refractivity contribution < 1.29 is 19.1 Å². The van der Waals surface area contributed by atoms with Crippen molar-refractivity contribution in [1.82, 2.24) is 14.9 Å². The number of anilines is 1. The summed E-state index contributed by atoms with van der Waals surface area (Å²) in [6.45, 7) is 0.218. The maximum atomic E-state index is 13.5. The number of methoxy groups -OCH3 is 1. The highest BCUT2D eigenvalue weighted by Crippen LogP contribution is 2.23. The molecule has 0 bridgehead atoms. The number of Topliss-reactive ketones (excluding diaryl/α,β-unsaturated/α-hetero) is 1. The minimum atomic E-state index is -0.525. The molecular formula is C28H26N4O4. The fraction of sp³-hybridized carbons (Fsp3) is 0.179. The summed E-state index contributed by atoms with van der Waals surface area (Å²) in [5.74, 6) is -0.999. The Morgan fingerprint density at radius 1 is 0.889 bits per heavy atom. The second-order valence-electron chi connectivity index (χ2n) is 8.43. The van der Waals surface area contributed by atoms with Crippen LogP contribution in [0.25, 0.3) is 10.8 Å². The second-order valence-corrected chi connectivity index (χ2v) is 8.43. The van der Waals surface area contributed by atoms with E-state index in [1.165, 1.54) is 29.2 Å². The lowest BCUT2D eigenvalue weighted by molar-refractivity contribution is -0.117. The monoisotopic (exact) mass is 482 g/mol. The Labute approximate surface area is 209 Å². The first-order valence-electron chi connectivity index (χ1n) is 11.4. The molecule has 0 radical (unpaired) electrons. The Bertz CT molecular complexity index is 1430. The van der Waals surface area contributed by atoms with Gasteiger partial charge < -0.3 is 14.5 Å². The van der Waals surface area contributed by atoms with E-state index in [0.717, 1.165) is 16.3 Å². The van der Waals surface area contributed by atoms with Gasteiger partial charge >= 0.3 is 0 Å². The van der Waals surface area contributed by atoms with Gasteiger partial charge in [-0.05, 0) is 40.6 Å². The van der Waals surface area contributed by atoms with Crippen molar-refractivity contribution in [3.63, 3.8) is 0 Å². The van der Waals surface area contributed by atoms with Crippen LogP contribution in [0.3, 0.4) is 0 Å². The molecule has 0 saturated heterocycles. The molecule has 0 aliphatic rings. The van der Waals surface area contributed by atoms with Gasteiger partial charge in [0.15, 0.2) is 5.82 Å². The Balaban J connectivity index is 1.67. The van der Waals surface area contributed by atoms with Crippen LogP contribution in [0.2, 0.25) is 0 Å². The molecule has 0 N–H and O–H groups in total. The number of benzene rings is 3. The lowest BCUT2D eigenvalue weighted by atomic mass is 10.1. The average molecular weight is 483 g/mol. The molecule has 1 aromatic heterocycles. The highest BCUT2D eigenvalue weighted by molar-refractivity contribution is 6.10. The van der Waals surface area contributed by atoms with Crippen molar-refractivity contribution in [3.05, 3.63) is 95.9 Å². The van der Waals surface area contributed by atoms with Gasteiger partial charge in [0.2, 0.25) is 17.6 Å². The van der Waals surface area contributed by atoms with Gasteiger partial charge in [-0.25, -0.2) is 4.98 Å². The highest BCUT2D eigenvalue weighted by Gasteiger charge is 2.23. The largest absolute Gasteiger partial charge is 0.481 e. The zero-order valence-corrected chi connectivity index (χ0v) is 20.3. The number of nitrogens with zero attached hydrogens (tertiary/aromatic N) is 4. The summed E-state index contributed by atoms with van der Waals surface area (Å²) in [7, 11) is 4.77. The topological polar surface area (TPSA) is 92.7 Å². The molecule has 8 heteroatoms. The van der Waals surface area contributed by atoms with Crippen LogP contribution in [-0.2, 0) is 11.3 Å². The number of hydrogen-bond donors (Lipinski definition) is 0. The van der Waals surface area contributed by atoms with Crippen LogP contribution in [0.15, 0.2) is 79.0 Å². The van der Waals surface area contributed by atoms with E-state index in [9.17, 15) is 14.4 Å². The molecule has 36 heavy (non-hydrogen) atoms. The lowest BCUT2D eigenvalue weighted by Gasteiger charge is -2.24. The van der Waals surface area contributed by atoms with Crippen LogP contribution in [0.4, 0.5) is 5.69 Å². The van der Waals surface area contributed by atoms with Gasteiger partial charge in [-0.15, -0.1) is 0 Å². The first-order valence-corrected chi connectivity index (χ1v) is 11.4. The molecule has 8 nitrogen and oxygen atoms in total. The zero-order chi connectivity index (χ0) is 25.7. The smallest absolute Gasteiger partial charge is 0.253 e. The second kappa shape index (κ2) is 10.8. The Morgan fingerprint density at radius 3 is 2.42 bits per heavy atom. The molecule has 0 fully saturated rings. The van der Waals surface area contributed by atoms with Gasteiger partial charge in [0, 0.05) is 37.6 Å². The predicted octanol–water partition coefficient (Wildman–Crippen LogP) is 4.15. The Kier molecular flexibility index (Phi) is 7.34. The lowest BCUT2D eigenvalue weighted by Crippen LogP contribution is -2.32. The molecule has 0 spiro atoms. The van der Waals surface area contributed by atoms with E-state index in [2.05, 4.69) is 9.97 Å². The van der Waals surface area contributed by atoms with Gasteiger partial charge in [-0.2, -0.15) is 4.98 Å². The third-order valence-electron chi connectivity index (χ3n) is 5.67. The van der Waals surface area contributed by atoms with E-state index in [1.54, 1.807) is 38.4 Å². The van der Waals surface area contributed by atoms with Crippen molar-refractivity contribution in [2.45, 2.75) is 13.0 Å². The summed E-state index contributed by atoms with van der Waals surface area (Å²) < 4.78 is 5.06. The molecule has 0 saturated carbocycles. The van der Waals surface area contributed by atoms with Gasteiger partial charge in [-0.1, -0.05) is 42.5 Å². The van der Waals surface area contributed by atoms with E-state index in [1.807, 2.05) is 42.5 Å². The number of carbonyl (C=O) groups excluding carboxylic acids is 3. The molecule has 2 amide bonds. The molecule has 182 valence electrons. The molecule has 4 rings (SSSR count). The van der Waals surface area contributed by atoms with Gasteiger partial charge in [-0.3, -0.25) is 14.4 Å². The standard InChI is InChI=1S/C28H26N4O4/c1-31(2)28(35)22-9-6-10-23(16-22)32(18-19-11-12-20-7-4-5-8-21(20)15-19)26(34)17-24(33)27-29-14-13-25(30-27)36-3/h4-16H,17-18H2,1-3H3. The van der Waals surface area contributed by atoms with E-state index >= 15 is 0 Å². The number of amides is 2. The van der Waals surface area contributed by atoms with Crippen molar-refractivity contribution >= 4 is 34.1 Å². The number of hydrogen-bond acceptors (Lipinski definition) is 6. The highest BCUT2D eigenvalue weighted by atomic mass is 16.5. The summed E-state index contributed by atoms with van der Waals surface area (Å²) in [4.78, 5) is 49.9. The van der Waals surface area contributed by atoms with Gasteiger partial charge in [0.1, 0.15) is 0 Å². The van der Waals surface area contributed by atoms with Crippen LogP contribution < -0.4 is 9.64 Å². The normalized spacial score (nSPS) is 10.6. The summed E-state index contributed by atoms with van der Waals surface area (Å²) in [5.41, 5.74) is 1.84. The maximum Gasteiger partial charge on any atom is 0.253 e. The summed E-state index contributed by atoms with van der Waals surface area (Å²) in [5, 5.41) is 2.13. The number of aromatic nitrogens is 2. The summed E-state index contributed by atoms with van der Waals surface area (Å²) in [6.07, 6.45) is 0.972. The van der Waals surface area contributed by atoms with Gasteiger partial charge in [0.25, 0.3) is 5.91 Å². The molecule has 3 aromatic carbocycles. The number of ether oxygens (including phenoxy) is 1. The maximum absolute atomic E-state index is 13.5. The number of ketones is 1. The summed E-state index contributed by atoms with van der Waals surface area (Å²) >= 11 is 0. The molecule has 1 heterocycles. The average Bonchev–Trinajstić information content (AvgIpc) is 2.91. The van der Waals surface area contributed by atoms with Crippen LogP contribution in [0, 0.1) is 0 Å². The van der Waals surface area contributed by atoms with Crippen LogP contribution in [-0.4, -0.2) is 53.7 Å². The van der Waals surface area contributed by atoms with E-state index < -0.39 is 18.1 Å². The third-order valence-corrected chi connectivity index (χ3v) is 5.67. The first-order chi connectivity index (χ1) is 17.4. The molecule has 4 aromatic rings. The molecular weight excluding hydrogens is 456 g/mol. The predicted molar refractivity (Wildman–Crippen MR) is 137 cm³/mol. The number of carbonyl (C=O) groups is 3. The van der Waals surface area contributed by atoms with E-state index in [-0.39, 0.29) is 24.2 Å². The molecule has 0 atom stereocenters. The van der Waals surface area contributed by atoms with E-state index in [0.29, 0.717) is 11.3 Å². The molecule has 0 aliphatic heterocycles. The third kappa shape index (κ3) is 5.55. The van der Waals surface area contributed by atoms with Crippen molar-refractivity contribution in [3.8, 4) is 5.88 Å². The SMILES string of the molecule is COc1ccnc(C(=O)CC(=O)N(Cc2ccc3ccccc3c2)c2cccc(C(=O)N(C)C)c2)n1. The Hall–Kier alpha value is -4.59. The number of rotatable bonds is 8. The number of fused-ring (bicyclic) bond motifs is 1. The molecule has 0 unspecified atom stereocenters. The quantitative estimate of drug-likeness (QED) is 0.277. The van der Waals surface area contributed by atoms with Crippen LogP contribution in [0.5, 0.6) is 5.88 Å². The fourth-order valence-electron chi connectivity index (χ4n) is 3.81. The van der Waals surface area contributed by atoms with Crippen LogP contribution in [0.1, 0.15) is 33.0 Å². The molecule has 0 aliphatic carbocycles. The van der Waals surface area contributed by atoms with Crippen molar-refractivity contribution in [2.24, 2.45) is 0 Å².